The normalized spacial score (nSPS) is 11.5. The number of aromatic nitrogens is 2. The first-order valence-corrected chi connectivity index (χ1v) is 4.99. The molecule has 0 amide bonds. The van der Waals surface area contributed by atoms with Crippen LogP contribution in [0, 0.1) is 0 Å². The fourth-order valence-electron chi connectivity index (χ4n) is 1.96. The first-order chi connectivity index (χ1) is 7.02. The third-order valence-electron chi connectivity index (χ3n) is 2.62. The van der Waals surface area contributed by atoms with Crippen molar-refractivity contribution in [3.8, 4) is 0 Å². The summed E-state index contributed by atoms with van der Waals surface area (Å²) in [6.07, 6.45) is 0. The lowest BCUT2D eigenvalue weighted by molar-refractivity contribution is 0.447. The Kier molecular flexibility index (Phi) is 2.07. The summed E-state index contributed by atoms with van der Waals surface area (Å²) in [6, 6.07) is 5.57. The highest BCUT2D eigenvalue weighted by Gasteiger charge is 2.12. The zero-order chi connectivity index (χ0) is 11.2. The van der Waals surface area contributed by atoms with Gasteiger partial charge in [-0.05, 0) is 32.0 Å². The molecular formula is C11H15N3O. The minimum Gasteiger partial charge on any atom is -0.399 e. The molecule has 2 aromatic rings. The van der Waals surface area contributed by atoms with Crippen LogP contribution in [-0.2, 0) is 7.05 Å². The lowest BCUT2D eigenvalue weighted by Gasteiger charge is -2.10. The largest absolute Gasteiger partial charge is 0.399 e. The lowest BCUT2D eigenvalue weighted by atomic mass is 10.2. The molecule has 0 bridgehead atoms. The summed E-state index contributed by atoms with van der Waals surface area (Å²) in [6.45, 7) is 3.98. The molecule has 2 N–H and O–H groups in total. The predicted molar refractivity (Wildman–Crippen MR) is 62.0 cm³/mol. The minimum atomic E-state index is 0.0230. The fraction of sp³-hybridized carbons (Fsp3) is 0.364. The van der Waals surface area contributed by atoms with Crippen molar-refractivity contribution < 1.29 is 0 Å². The maximum absolute atomic E-state index is 12.0. The van der Waals surface area contributed by atoms with E-state index in [-0.39, 0.29) is 11.6 Å². The quantitative estimate of drug-likeness (QED) is 0.717. The van der Waals surface area contributed by atoms with Gasteiger partial charge in [-0.3, -0.25) is 9.48 Å². The number of nitrogen functional groups attached to an aromatic ring is 1. The summed E-state index contributed by atoms with van der Waals surface area (Å²) < 4.78 is 3.60. The van der Waals surface area contributed by atoms with E-state index in [1.165, 1.54) is 0 Å². The van der Waals surface area contributed by atoms with E-state index < -0.39 is 0 Å². The van der Waals surface area contributed by atoms with Crippen LogP contribution in [0.4, 0.5) is 5.69 Å². The number of rotatable bonds is 1. The fourth-order valence-corrected chi connectivity index (χ4v) is 1.96. The number of fused-ring (bicyclic) bond motifs is 1. The van der Waals surface area contributed by atoms with Crippen LogP contribution in [0.2, 0.25) is 0 Å². The van der Waals surface area contributed by atoms with Crippen molar-refractivity contribution in [2.45, 2.75) is 19.9 Å². The highest BCUT2D eigenvalue weighted by atomic mass is 16.1. The van der Waals surface area contributed by atoms with Gasteiger partial charge >= 0.3 is 0 Å². The first-order valence-electron chi connectivity index (χ1n) is 4.99. The number of aryl methyl sites for hydroxylation is 1. The van der Waals surface area contributed by atoms with E-state index >= 15 is 0 Å². The molecule has 1 aromatic heterocycles. The smallest absolute Gasteiger partial charge is 0.274 e. The van der Waals surface area contributed by atoms with Crippen molar-refractivity contribution >= 4 is 16.6 Å². The zero-order valence-corrected chi connectivity index (χ0v) is 9.19. The van der Waals surface area contributed by atoms with Crippen LogP contribution >= 0.6 is 0 Å². The van der Waals surface area contributed by atoms with Crippen LogP contribution in [-0.4, -0.2) is 9.36 Å². The van der Waals surface area contributed by atoms with E-state index in [1.54, 1.807) is 10.7 Å². The molecule has 0 fully saturated rings. The zero-order valence-electron chi connectivity index (χ0n) is 9.19. The summed E-state index contributed by atoms with van der Waals surface area (Å²) in [5, 5.41) is 0.686. The van der Waals surface area contributed by atoms with E-state index in [0.29, 0.717) is 11.1 Å². The molecule has 80 valence electrons. The molecule has 4 heteroatoms. The van der Waals surface area contributed by atoms with Gasteiger partial charge in [0, 0.05) is 18.8 Å². The van der Waals surface area contributed by atoms with Gasteiger partial charge in [0.25, 0.3) is 5.56 Å². The molecule has 0 saturated heterocycles. The van der Waals surface area contributed by atoms with Crippen LogP contribution in [0.3, 0.4) is 0 Å². The second kappa shape index (κ2) is 3.15. The second-order valence-electron chi connectivity index (χ2n) is 4.04. The summed E-state index contributed by atoms with van der Waals surface area (Å²) in [4.78, 5) is 12.0. The van der Waals surface area contributed by atoms with Gasteiger partial charge in [-0.2, -0.15) is 0 Å². The van der Waals surface area contributed by atoms with Gasteiger partial charge in [-0.1, -0.05) is 0 Å². The maximum Gasteiger partial charge on any atom is 0.274 e. The summed E-state index contributed by atoms with van der Waals surface area (Å²) >= 11 is 0. The van der Waals surface area contributed by atoms with Gasteiger partial charge < -0.3 is 5.73 Å². The van der Waals surface area contributed by atoms with Crippen LogP contribution in [0.1, 0.15) is 19.9 Å². The molecule has 15 heavy (non-hydrogen) atoms. The third-order valence-corrected chi connectivity index (χ3v) is 2.62. The number of benzene rings is 1. The number of hydrogen-bond acceptors (Lipinski definition) is 2. The SMILES string of the molecule is CC(C)n1c(=O)c2cc(N)ccc2n1C. The van der Waals surface area contributed by atoms with Gasteiger partial charge in [0.05, 0.1) is 10.9 Å². The Morgan fingerprint density at radius 2 is 2.00 bits per heavy atom. The molecule has 2 rings (SSSR count). The number of nitrogens with two attached hydrogens (primary N) is 1. The Labute approximate surface area is 87.9 Å². The average Bonchev–Trinajstić information content (AvgIpc) is 2.39. The number of anilines is 1. The van der Waals surface area contributed by atoms with Gasteiger partial charge in [-0.15, -0.1) is 0 Å². The monoisotopic (exact) mass is 205 g/mol. The Morgan fingerprint density at radius 1 is 1.33 bits per heavy atom. The van der Waals surface area contributed by atoms with Gasteiger partial charge in [0.1, 0.15) is 0 Å². The standard InChI is InChI=1S/C11H15N3O/c1-7(2)14-11(15)9-6-8(12)4-5-10(9)13(14)3/h4-7H,12H2,1-3H3. The van der Waals surface area contributed by atoms with Crippen LogP contribution < -0.4 is 11.3 Å². The number of nitrogens with zero attached hydrogens (tertiary/aromatic N) is 2. The van der Waals surface area contributed by atoms with Gasteiger partial charge in [-0.25, -0.2) is 4.68 Å². The molecule has 0 aliphatic rings. The molecule has 0 unspecified atom stereocenters. The van der Waals surface area contributed by atoms with Crippen molar-refractivity contribution in [2.75, 3.05) is 5.73 Å². The predicted octanol–water partition coefficient (Wildman–Crippen LogP) is 1.50. The van der Waals surface area contributed by atoms with Crippen molar-refractivity contribution in [2.24, 2.45) is 7.05 Å². The van der Waals surface area contributed by atoms with Gasteiger partial charge in [0.2, 0.25) is 0 Å². The molecule has 1 aromatic carbocycles. The molecule has 0 atom stereocenters. The Bertz CT molecular complexity index is 563. The van der Waals surface area contributed by atoms with Crippen molar-refractivity contribution in [3.63, 3.8) is 0 Å². The molecule has 4 nitrogen and oxygen atoms in total. The molecule has 0 aliphatic heterocycles. The third kappa shape index (κ3) is 1.33. The van der Waals surface area contributed by atoms with E-state index in [2.05, 4.69) is 0 Å². The van der Waals surface area contributed by atoms with Crippen molar-refractivity contribution in [1.82, 2.24) is 9.36 Å². The molecule has 0 aliphatic carbocycles. The van der Waals surface area contributed by atoms with E-state index in [4.69, 9.17) is 5.73 Å². The van der Waals surface area contributed by atoms with Crippen LogP contribution in [0.15, 0.2) is 23.0 Å². The number of hydrogen-bond donors (Lipinski definition) is 1. The van der Waals surface area contributed by atoms with Crippen molar-refractivity contribution in [3.05, 3.63) is 28.6 Å². The Hall–Kier alpha value is -1.71. The van der Waals surface area contributed by atoms with Crippen LogP contribution in [0.25, 0.3) is 10.9 Å². The maximum atomic E-state index is 12.0. The van der Waals surface area contributed by atoms with Crippen molar-refractivity contribution in [1.29, 1.82) is 0 Å². The topological polar surface area (TPSA) is 52.9 Å². The second-order valence-corrected chi connectivity index (χ2v) is 4.04. The summed E-state index contributed by atoms with van der Waals surface area (Å²) in [7, 11) is 1.89. The molecular weight excluding hydrogens is 190 g/mol. The van der Waals surface area contributed by atoms with Gasteiger partial charge in [0.15, 0.2) is 0 Å². The highest BCUT2D eigenvalue weighted by Crippen LogP contribution is 2.16. The summed E-state index contributed by atoms with van der Waals surface area (Å²) in [5.74, 6) is 0. The van der Waals surface area contributed by atoms with E-state index in [9.17, 15) is 4.79 Å². The molecule has 0 radical (unpaired) electrons. The van der Waals surface area contributed by atoms with E-state index in [0.717, 1.165) is 5.52 Å². The van der Waals surface area contributed by atoms with Crippen LogP contribution in [0.5, 0.6) is 0 Å². The molecule has 1 heterocycles. The molecule has 0 saturated carbocycles. The summed E-state index contributed by atoms with van der Waals surface area (Å²) in [5.41, 5.74) is 7.24. The Balaban J connectivity index is 2.92. The molecule has 0 spiro atoms. The first kappa shape index (κ1) is 9.83. The Morgan fingerprint density at radius 3 is 2.60 bits per heavy atom. The minimum absolute atomic E-state index is 0.0230. The average molecular weight is 205 g/mol. The lowest BCUT2D eigenvalue weighted by Crippen LogP contribution is -2.23. The highest BCUT2D eigenvalue weighted by molar-refractivity contribution is 5.81. The van der Waals surface area contributed by atoms with E-state index in [1.807, 2.05) is 37.7 Å².